The van der Waals surface area contributed by atoms with Gasteiger partial charge in [-0.05, 0) is 18.9 Å². The number of fused-ring (bicyclic) bond motifs is 2. The Morgan fingerprint density at radius 3 is 2.77 bits per heavy atom. The van der Waals surface area contributed by atoms with E-state index < -0.39 is 35.6 Å². The molecule has 0 spiro atoms. The second-order valence-corrected chi connectivity index (χ2v) is 7.38. The van der Waals surface area contributed by atoms with Crippen molar-refractivity contribution >= 4 is 29.5 Å². The SMILES string of the molecule is CCCCCOCC(=O)NC1=C2CC(=CC=C1)C(=O)N(C1CCC(=O)NC1=O)C2=O. The highest BCUT2D eigenvalue weighted by Crippen LogP contribution is 2.31. The number of hydrogen-bond donors (Lipinski definition) is 2. The molecule has 2 aliphatic heterocycles. The second-order valence-electron chi connectivity index (χ2n) is 7.38. The second kappa shape index (κ2) is 9.62. The summed E-state index contributed by atoms with van der Waals surface area (Å²) in [6, 6.07) is -1.06. The van der Waals surface area contributed by atoms with Gasteiger partial charge in [-0.15, -0.1) is 0 Å². The summed E-state index contributed by atoms with van der Waals surface area (Å²) < 4.78 is 5.35. The molecule has 2 fully saturated rings. The maximum absolute atomic E-state index is 13.1. The molecule has 0 radical (unpaired) electrons. The molecule has 0 aromatic rings. The average Bonchev–Trinajstić information content (AvgIpc) is 2.89. The van der Waals surface area contributed by atoms with Crippen molar-refractivity contribution in [2.24, 2.45) is 0 Å². The maximum Gasteiger partial charge on any atom is 0.259 e. The summed E-state index contributed by atoms with van der Waals surface area (Å²) in [6.45, 7) is 2.41. The number of amides is 5. The monoisotopic (exact) mass is 415 g/mol. The van der Waals surface area contributed by atoms with Gasteiger partial charge in [-0.25, -0.2) is 0 Å². The minimum Gasteiger partial charge on any atom is -0.372 e. The van der Waals surface area contributed by atoms with Gasteiger partial charge in [0.15, 0.2) is 0 Å². The number of piperidine rings is 2. The Hall–Kier alpha value is -3.07. The Kier molecular flexibility index (Phi) is 6.94. The van der Waals surface area contributed by atoms with Crippen LogP contribution in [0.5, 0.6) is 0 Å². The standard InChI is InChI=1S/C21H25N3O6/c1-2-3-4-10-30-12-18(26)22-15-7-5-6-13-11-14(15)21(29)24(20(13)28)16-8-9-17(25)23-19(16)27/h5-7,16H,2-4,8-12H2,1H3,(H,22,26)(H,23,25,27). The summed E-state index contributed by atoms with van der Waals surface area (Å²) in [5, 5.41) is 4.84. The number of nitrogens with zero attached hydrogens (tertiary/aromatic N) is 1. The summed E-state index contributed by atoms with van der Waals surface area (Å²) in [5.41, 5.74) is 0.836. The fraction of sp³-hybridized carbons (Fsp3) is 0.476. The molecule has 30 heavy (non-hydrogen) atoms. The lowest BCUT2D eigenvalue weighted by atomic mass is 9.93. The largest absolute Gasteiger partial charge is 0.372 e. The van der Waals surface area contributed by atoms with Crippen LogP contribution >= 0.6 is 0 Å². The molecule has 1 atom stereocenters. The van der Waals surface area contributed by atoms with Crippen LogP contribution in [0.4, 0.5) is 0 Å². The Bertz CT molecular complexity index is 870. The molecule has 3 aliphatic rings. The maximum atomic E-state index is 13.1. The van der Waals surface area contributed by atoms with E-state index in [9.17, 15) is 24.0 Å². The van der Waals surface area contributed by atoms with E-state index in [4.69, 9.17) is 4.74 Å². The van der Waals surface area contributed by atoms with E-state index in [-0.39, 0.29) is 37.1 Å². The zero-order chi connectivity index (χ0) is 21.7. The normalized spacial score (nSPS) is 21.4. The van der Waals surface area contributed by atoms with Crippen molar-refractivity contribution in [2.75, 3.05) is 13.2 Å². The van der Waals surface area contributed by atoms with Gasteiger partial charge >= 0.3 is 0 Å². The Balaban J connectivity index is 1.75. The molecular weight excluding hydrogens is 390 g/mol. The van der Waals surface area contributed by atoms with E-state index in [1.807, 2.05) is 0 Å². The fourth-order valence-electron chi connectivity index (χ4n) is 3.57. The number of carbonyl (C=O) groups excluding carboxylic acids is 5. The first-order valence-corrected chi connectivity index (χ1v) is 10.1. The number of imide groups is 2. The molecule has 1 unspecified atom stereocenters. The van der Waals surface area contributed by atoms with Crippen LogP contribution in [-0.4, -0.2) is 53.7 Å². The van der Waals surface area contributed by atoms with Crippen LogP contribution in [-0.2, 0) is 28.7 Å². The van der Waals surface area contributed by atoms with Gasteiger partial charge < -0.3 is 10.1 Å². The topological polar surface area (TPSA) is 122 Å². The summed E-state index contributed by atoms with van der Waals surface area (Å²) in [6.07, 6.45) is 7.81. The van der Waals surface area contributed by atoms with Crippen LogP contribution in [0.1, 0.15) is 45.4 Å². The molecule has 2 heterocycles. The molecule has 0 saturated carbocycles. The zero-order valence-corrected chi connectivity index (χ0v) is 16.9. The van der Waals surface area contributed by atoms with Crippen molar-refractivity contribution in [1.29, 1.82) is 0 Å². The first-order chi connectivity index (χ1) is 14.4. The Labute approximate surface area is 174 Å². The van der Waals surface area contributed by atoms with Gasteiger partial charge in [0, 0.05) is 36.3 Å². The van der Waals surface area contributed by atoms with Crippen molar-refractivity contribution in [3.8, 4) is 0 Å². The first kappa shape index (κ1) is 21.6. The number of rotatable bonds is 8. The van der Waals surface area contributed by atoms with Crippen LogP contribution in [0.2, 0.25) is 0 Å². The summed E-state index contributed by atoms with van der Waals surface area (Å²) >= 11 is 0. The molecule has 9 nitrogen and oxygen atoms in total. The Morgan fingerprint density at radius 1 is 1.23 bits per heavy atom. The predicted octanol–water partition coefficient (Wildman–Crippen LogP) is 0.624. The van der Waals surface area contributed by atoms with E-state index in [0.29, 0.717) is 12.2 Å². The van der Waals surface area contributed by atoms with E-state index in [2.05, 4.69) is 17.6 Å². The van der Waals surface area contributed by atoms with Gasteiger partial charge in [0.2, 0.25) is 17.7 Å². The number of allylic oxidation sites excluding steroid dienone is 3. The molecule has 3 rings (SSSR count). The van der Waals surface area contributed by atoms with Crippen molar-refractivity contribution in [3.05, 3.63) is 35.1 Å². The van der Waals surface area contributed by atoms with Crippen LogP contribution in [0.15, 0.2) is 35.1 Å². The summed E-state index contributed by atoms with van der Waals surface area (Å²) in [5.74, 6) is -2.71. The minimum atomic E-state index is -1.06. The highest BCUT2D eigenvalue weighted by molar-refractivity contribution is 6.18. The van der Waals surface area contributed by atoms with Crippen molar-refractivity contribution in [1.82, 2.24) is 15.5 Å². The predicted molar refractivity (Wildman–Crippen MR) is 105 cm³/mol. The van der Waals surface area contributed by atoms with Crippen molar-refractivity contribution < 1.29 is 28.7 Å². The number of likely N-dealkylation sites (tertiary alicyclic amines) is 1. The minimum absolute atomic E-state index is 0.0444. The van der Waals surface area contributed by atoms with Gasteiger partial charge in [-0.3, -0.25) is 34.2 Å². The quantitative estimate of drug-likeness (QED) is 0.443. The van der Waals surface area contributed by atoms with Crippen molar-refractivity contribution in [2.45, 2.75) is 51.5 Å². The third-order valence-corrected chi connectivity index (χ3v) is 5.14. The van der Waals surface area contributed by atoms with Gasteiger partial charge in [0.05, 0.1) is 0 Å². The number of carbonyl (C=O) groups is 5. The molecule has 0 aromatic heterocycles. The average molecular weight is 415 g/mol. The molecule has 2 bridgehead atoms. The third-order valence-electron chi connectivity index (χ3n) is 5.14. The zero-order valence-electron chi connectivity index (χ0n) is 16.9. The number of nitrogens with one attached hydrogen (secondary N) is 2. The molecule has 2 saturated heterocycles. The van der Waals surface area contributed by atoms with E-state index >= 15 is 0 Å². The van der Waals surface area contributed by atoms with E-state index in [1.54, 1.807) is 18.2 Å². The summed E-state index contributed by atoms with van der Waals surface area (Å²) in [4.78, 5) is 62.7. The fourth-order valence-corrected chi connectivity index (χ4v) is 3.57. The van der Waals surface area contributed by atoms with E-state index in [1.165, 1.54) is 0 Å². The van der Waals surface area contributed by atoms with Crippen LogP contribution in [0, 0.1) is 0 Å². The first-order valence-electron chi connectivity index (χ1n) is 10.1. The molecule has 2 N–H and O–H groups in total. The van der Waals surface area contributed by atoms with Gasteiger partial charge in [-0.1, -0.05) is 31.9 Å². The Morgan fingerprint density at radius 2 is 2.03 bits per heavy atom. The molecule has 9 heteroatoms. The molecule has 160 valence electrons. The summed E-state index contributed by atoms with van der Waals surface area (Å²) in [7, 11) is 0. The van der Waals surface area contributed by atoms with Gasteiger partial charge in [-0.2, -0.15) is 0 Å². The molecular formula is C21H25N3O6. The molecule has 5 amide bonds. The lowest BCUT2D eigenvalue weighted by Crippen LogP contribution is -2.58. The number of hydrogen-bond acceptors (Lipinski definition) is 6. The van der Waals surface area contributed by atoms with Gasteiger partial charge in [0.1, 0.15) is 12.6 Å². The van der Waals surface area contributed by atoms with Gasteiger partial charge in [0.25, 0.3) is 11.8 Å². The lowest BCUT2D eigenvalue weighted by molar-refractivity contribution is -0.152. The van der Waals surface area contributed by atoms with Crippen molar-refractivity contribution in [3.63, 3.8) is 0 Å². The number of unbranched alkanes of at least 4 members (excludes halogenated alkanes) is 2. The highest BCUT2D eigenvalue weighted by Gasteiger charge is 2.44. The lowest BCUT2D eigenvalue weighted by Gasteiger charge is -2.35. The van der Waals surface area contributed by atoms with Crippen LogP contribution in [0.3, 0.4) is 0 Å². The molecule has 1 aliphatic carbocycles. The third kappa shape index (κ3) is 4.73. The highest BCUT2D eigenvalue weighted by atomic mass is 16.5. The smallest absolute Gasteiger partial charge is 0.259 e. The number of ether oxygens (including phenoxy) is 1. The van der Waals surface area contributed by atoms with E-state index in [0.717, 1.165) is 24.2 Å². The van der Waals surface area contributed by atoms with Crippen LogP contribution in [0.25, 0.3) is 0 Å². The molecule has 0 aromatic carbocycles. The van der Waals surface area contributed by atoms with Crippen LogP contribution < -0.4 is 10.6 Å².